The Morgan fingerprint density at radius 1 is 1.48 bits per heavy atom. The third-order valence-electron chi connectivity index (χ3n) is 3.13. The van der Waals surface area contributed by atoms with Crippen LogP contribution < -0.4 is 15.4 Å². The van der Waals surface area contributed by atoms with Crippen LogP contribution in [-0.4, -0.2) is 29.2 Å². The van der Waals surface area contributed by atoms with Gasteiger partial charge in [0.15, 0.2) is 0 Å². The molecule has 0 aliphatic heterocycles. The second-order valence-electron chi connectivity index (χ2n) is 4.88. The van der Waals surface area contributed by atoms with Crippen molar-refractivity contribution in [3.05, 3.63) is 35.7 Å². The number of amides is 1. The molecule has 1 aliphatic rings. The SMILES string of the molecule is COc1cc(C(=O)NCc2ccnc(NC3CC3)c2)on1. The van der Waals surface area contributed by atoms with Gasteiger partial charge in [-0.15, -0.1) is 0 Å². The highest BCUT2D eigenvalue weighted by Gasteiger charge is 2.21. The minimum atomic E-state index is -0.334. The summed E-state index contributed by atoms with van der Waals surface area (Å²) in [6.45, 7) is 0.393. The van der Waals surface area contributed by atoms with Crippen LogP contribution in [0.3, 0.4) is 0 Å². The first kappa shape index (κ1) is 13.4. The summed E-state index contributed by atoms with van der Waals surface area (Å²) in [7, 11) is 1.46. The Bertz CT molecular complexity index is 637. The second-order valence-corrected chi connectivity index (χ2v) is 4.88. The maximum absolute atomic E-state index is 11.9. The zero-order valence-electron chi connectivity index (χ0n) is 11.6. The van der Waals surface area contributed by atoms with Crippen LogP contribution in [0.1, 0.15) is 29.0 Å². The number of ether oxygens (including phenoxy) is 1. The van der Waals surface area contributed by atoms with E-state index in [-0.39, 0.29) is 17.5 Å². The average Bonchev–Trinajstić information content (AvgIpc) is 3.18. The van der Waals surface area contributed by atoms with E-state index in [1.807, 2.05) is 12.1 Å². The van der Waals surface area contributed by atoms with Crippen molar-refractivity contribution in [2.75, 3.05) is 12.4 Å². The summed E-state index contributed by atoms with van der Waals surface area (Å²) in [5.41, 5.74) is 0.966. The summed E-state index contributed by atoms with van der Waals surface area (Å²) in [5, 5.41) is 9.67. The highest BCUT2D eigenvalue weighted by atomic mass is 16.5. The molecule has 7 heteroatoms. The number of carbonyl (C=O) groups is 1. The smallest absolute Gasteiger partial charge is 0.290 e. The quantitative estimate of drug-likeness (QED) is 0.839. The van der Waals surface area contributed by atoms with Crippen LogP contribution in [0.25, 0.3) is 0 Å². The standard InChI is InChI=1S/C14H16N4O3/c1-20-13-7-11(21-18-13)14(19)16-8-9-4-5-15-12(6-9)17-10-2-3-10/h4-7,10H,2-3,8H2,1H3,(H,15,17)(H,16,19). The zero-order valence-corrected chi connectivity index (χ0v) is 11.6. The van der Waals surface area contributed by atoms with Gasteiger partial charge in [0.1, 0.15) is 5.82 Å². The molecule has 1 saturated carbocycles. The van der Waals surface area contributed by atoms with Crippen molar-refractivity contribution in [2.45, 2.75) is 25.4 Å². The summed E-state index contributed by atoms with van der Waals surface area (Å²) in [5.74, 6) is 0.905. The Morgan fingerprint density at radius 3 is 3.05 bits per heavy atom. The molecule has 0 saturated heterocycles. The Kier molecular flexibility index (Phi) is 3.72. The molecule has 2 aromatic rings. The van der Waals surface area contributed by atoms with Gasteiger partial charge in [-0.25, -0.2) is 4.98 Å². The van der Waals surface area contributed by atoms with Crippen LogP contribution in [-0.2, 0) is 6.54 Å². The maximum atomic E-state index is 11.9. The molecule has 1 aliphatic carbocycles. The van der Waals surface area contributed by atoms with E-state index in [0.717, 1.165) is 11.4 Å². The van der Waals surface area contributed by atoms with Crippen molar-refractivity contribution in [1.82, 2.24) is 15.5 Å². The Balaban J connectivity index is 1.57. The van der Waals surface area contributed by atoms with Gasteiger partial charge in [0.05, 0.1) is 13.2 Å². The van der Waals surface area contributed by atoms with E-state index < -0.39 is 0 Å². The van der Waals surface area contributed by atoms with E-state index in [9.17, 15) is 4.79 Å². The molecule has 110 valence electrons. The normalized spacial score (nSPS) is 13.8. The number of hydrogen-bond acceptors (Lipinski definition) is 6. The number of pyridine rings is 1. The van der Waals surface area contributed by atoms with Gasteiger partial charge in [-0.2, -0.15) is 0 Å². The third-order valence-corrected chi connectivity index (χ3v) is 3.13. The minimum Gasteiger partial charge on any atom is -0.479 e. The van der Waals surface area contributed by atoms with Gasteiger partial charge in [0.2, 0.25) is 5.76 Å². The van der Waals surface area contributed by atoms with Gasteiger partial charge in [-0.3, -0.25) is 4.79 Å². The summed E-state index contributed by atoms with van der Waals surface area (Å²) < 4.78 is 9.74. The van der Waals surface area contributed by atoms with Crippen molar-refractivity contribution >= 4 is 11.7 Å². The summed E-state index contributed by atoms with van der Waals surface area (Å²) in [6.07, 6.45) is 4.11. The minimum absolute atomic E-state index is 0.122. The second kappa shape index (κ2) is 5.82. The van der Waals surface area contributed by atoms with E-state index in [4.69, 9.17) is 9.26 Å². The fraction of sp³-hybridized carbons (Fsp3) is 0.357. The molecule has 2 heterocycles. The van der Waals surface area contributed by atoms with Crippen molar-refractivity contribution in [1.29, 1.82) is 0 Å². The lowest BCUT2D eigenvalue weighted by Crippen LogP contribution is -2.22. The van der Waals surface area contributed by atoms with Crippen molar-refractivity contribution in [3.8, 4) is 5.88 Å². The van der Waals surface area contributed by atoms with Gasteiger partial charge in [-0.05, 0) is 35.7 Å². The first-order valence-corrected chi connectivity index (χ1v) is 6.75. The number of anilines is 1. The van der Waals surface area contributed by atoms with E-state index in [0.29, 0.717) is 12.6 Å². The molecule has 0 spiro atoms. The Hall–Kier alpha value is -2.57. The fourth-order valence-corrected chi connectivity index (χ4v) is 1.83. The lowest BCUT2D eigenvalue weighted by Gasteiger charge is -2.06. The molecular formula is C14H16N4O3. The van der Waals surface area contributed by atoms with Crippen molar-refractivity contribution < 1.29 is 14.1 Å². The third kappa shape index (κ3) is 3.50. The molecule has 1 amide bonds. The molecule has 2 aromatic heterocycles. The number of rotatable bonds is 6. The number of methoxy groups -OCH3 is 1. The Morgan fingerprint density at radius 2 is 2.33 bits per heavy atom. The topological polar surface area (TPSA) is 89.3 Å². The molecule has 0 atom stereocenters. The molecular weight excluding hydrogens is 272 g/mol. The van der Waals surface area contributed by atoms with Gasteiger partial charge in [-0.1, -0.05) is 0 Å². The van der Waals surface area contributed by atoms with Gasteiger partial charge in [0, 0.05) is 18.8 Å². The van der Waals surface area contributed by atoms with E-state index in [1.54, 1.807) is 6.20 Å². The number of hydrogen-bond donors (Lipinski definition) is 2. The van der Waals surface area contributed by atoms with Crippen LogP contribution in [0.2, 0.25) is 0 Å². The molecule has 0 aromatic carbocycles. The van der Waals surface area contributed by atoms with Crippen LogP contribution >= 0.6 is 0 Å². The number of aromatic nitrogens is 2. The molecule has 3 rings (SSSR count). The molecule has 0 radical (unpaired) electrons. The number of nitrogens with one attached hydrogen (secondary N) is 2. The first-order valence-electron chi connectivity index (χ1n) is 6.75. The summed E-state index contributed by atoms with van der Waals surface area (Å²) in [6, 6.07) is 5.78. The largest absolute Gasteiger partial charge is 0.479 e. The highest BCUT2D eigenvalue weighted by Crippen LogP contribution is 2.23. The highest BCUT2D eigenvalue weighted by molar-refractivity contribution is 5.91. The Labute approximate surface area is 121 Å². The first-order chi connectivity index (χ1) is 10.2. The predicted molar refractivity (Wildman–Crippen MR) is 75.1 cm³/mol. The van der Waals surface area contributed by atoms with Crippen LogP contribution in [0.15, 0.2) is 28.9 Å². The molecule has 1 fully saturated rings. The lowest BCUT2D eigenvalue weighted by molar-refractivity contribution is 0.0913. The molecule has 2 N–H and O–H groups in total. The van der Waals surface area contributed by atoms with Gasteiger partial charge < -0.3 is 19.9 Å². The molecule has 0 unspecified atom stereocenters. The van der Waals surface area contributed by atoms with Crippen molar-refractivity contribution in [2.24, 2.45) is 0 Å². The molecule has 0 bridgehead atoms. The van der Waals surface area contributed by atoms with E-state index in [2.05, 4.69) is 20.8 Å². The monoisotopic (exact) mass is 288 g/mol. The zero-order chi connectivity index (χ0) is 14.7. The summed E-state index contributed by atoms with van der Waals surface area (Å²) >= 11 is 0. The van der Waals surface area contributed by atoms with E-state index >= 15 is 0 Å². The lowest BCUT2D eigenvalue weighted by atomic mass is 10.2. The predicted octanol–water partition coefficient (Wildman–Crippen LogP) is 1.58. The van der Waals surface area contributed by atoms with Crippen LogP contribution in [0.5, 0.6) is 5.88 Å². The van der Waals surface area contributed by atoms with E-state index in [1.165, 1.54) is 26.0 Å². The number of carbonyl (C=O) groups excluding carboxylic acids is 1. The van der Waals surface area contributed by atoms with Crippen LogP contribution in [0, 0.1) is 0 Å². The molecule has 7 nitrogen and oxygen atoms in total. The van der Waals surface area contributed by atoms with Gasteiger partial charge >= 0.3 is 0 Å². The van der Waals surface area contributed by atoms with Crippen LogP contribution in [0.4, 0.5) is 5.82 Å². The fourth-order valence-electron chi connectivity index (χ4n) is 1.83. The maximum Gasteiger partial charge on any atom is 0.290 e. The molecule has 21 heavy (non-hydrogen) atoms. The average molecular weight is 288 g/mol. The van der Waals surface area contributed by atoms with Gasteiger partial charge in [0.25, 0.3) is 11.8 Å². The van der Waals surface area contributed by atoms with Crippen molar-refractivity contribution in [3.63, 3.8) is 0 Å². The summed E-state index contributed by atoms with van der Waals surface area (Å²) in [4.78, 5) is 16.1. The number of nitrogens with zero attached hydrogens (tertiary/aromatic N) is 2.